The van der Waals surface area contributed by atoms with E-state index in [2.05, 4.69) is 20.9 Å². The van der Waals surface area contributed by atoms with Gasteiger partial charge in [0.05, 0.1) is 5.51 Å². The minimum absolute atomic E-state index is 0.0833. The number of carboxylic acid groups (broad SMARTS) is 1. The van der Waals surface area contributed by atoms with Gasteiger partial charge in [0.15, 0.2) is 5.69 Å². The highest BCUT2D eigenvalue weighted by Crippen LogP contribution is 2.19. The molecule has 9 heavy (non-hydrogen) atoms. The number of hydrogen-bond donors (Lipinski definition) is 1. The van der Waals surface area contributed by atoms with Gasteiger partial charge in [0.25, 0.3) is 0 Å². The van der Waals surface area contributed by atoms with E-state index in [1.165, 1.54) is 16.8 Å². The number of aromatic carboxylic acids is 1. The third kappa shape index (κ3) is 1.28. The Morgan fingerprint density at radius 3 is 2.78 bits per heavy atom. The van der Waals surface area contributed by atoms with Gasteiger partial charge in [-0.3, -0.25) is 0 Å². The summed E-state index contributed by atoms with van der Waals surface area (Å²) in [6.45, 7) is 0. The van der Waals surface area contributed by atoms with E-state index in [1.54, 1.807) is 0 Å². The van der Waals surface area contributed by atoms with Crippen molar-refractivity contribution >= 4 is 33.2 Å². The lowest BCUT2D eigenvalue weighted by atomic mass is 10.5. The van der Waals surface area contributed by atoms with Gasteiger partial charge in [-0.1, -0.05) is 0 Å². The van der Waals surface area contributed by atoms with Crippen molar-refractivity contribution in [2.75, 3.05) is 0 Å². The summed E-state index contributed by atoms with van der Waals surface area (Å²) in [5.74, 6) is -0.997. The lowest BCUT2D eigenvalue weighted by Gasteiger charge is -1.82. The predicted molar refractivity (Wildman–Crippen MR) is 36.8 cm³/mol. The number of rotatable bonds is 1. The molecule has 0 aromatic carbocycles. The van der Waals surface area contributed by atoms with Crippen LogP contribution in [0.5, 0.6) is 0 Å². The molecule has 0 bridgehead atoms. The van der Waals surface area contributed by atoms with Crippen LogP contribution in [0.4, 0.5) is 0 Å². The average Bonchev–Trinajstić information content (AvgIpc) is 2.13. The molecule has 1 heterocycles. The number of thiazole rings is 1. The molecule has 0 aliphatic heterocycles. The van der Waals surface area contributed by atoms with Gasteiger partial charge in [0.1, 0.15) is 3.79 Å². The van der Waals surface area contributed by atoms with Crippen molar-refractivity contribution in [2.24, 2.45) is 0 Å². The van der Waals surface area contributed by atoms with Crippen LogP contribution in [0.3, 0.4) is 0 Å². The van der Waals surface area contributed by atoms with Crippen LogP contribution in [-0.4, -0.2) is 16.1 Å². The van der Waals surface area contributed by atoms with E-state index in [4.69, 9.17) is 5.11 Å². The molecule has 0 unspecified atom stereocenters. The van der Waals surface area contributed by atoms with E-state index >= 15 is 0 Å². The Morgan fingerprint density at radius 2 is 2.56 bits per heavy atom. The van der Waals surface area contributed by atoms with Crippen LogP contribution in [0.2, 0.25) is 0 Å². The second kappa shape index (κ2) is 2.45. The third-order valence-corrected chi connectivity index (χ3v) is 2.27. The summed E-state index contributed by atoms with van der Waals surface area (Å²) in [6.07, 6.45) is 0. The number of aromatic nitrogens is 1. The summed E-state index contributed by atoms with van der Waals surface area (Å²) in [4.78, 5) is 13.8. The molecule has 1 aromatic heterocycles. The topological polar surface area (TPSA) is 50.2 Å². The maximum Gasteiger partial charge on any atom is 0.356 e. The molecule has 0 saturated heterocycles. The SMILES string of the molecule is O=C(O)c1ncsc1Br. The van der Waals surface area contributed by atoms with Gasteiger partial charge in [-0.2, -0.15) is 0 Å². The maximum absolute atomic E-state index is 10.2. The summed E-state index contributed by atoms with van der Waals surface area (Å²) >= 11 is 4.30. The molecule has 1 aromatic rings. The van der Waals surface area contributed by atoms with E-state index in [1.807, 2.05) is 0 Å². The fraction of sp³-hybridized carbons (Fsp3) is 0. The van der Waals surface area contributed by atoms with Crippen LogP contribution in [-0.2, 0) is 0 Å². The third-order valence-electron chi connectivity index (χ3n) is 0.727. The summed E-state index contributed by atoms with van der Waals surface area (Å²) in [6, 6.07) is 0. The van der Waals surface area contributed by atoms with Crippen LogP contribution in [0.15, 0.2) is 9.30 Å². The second-order valence-corrected chi connectivity index (χ2v) is 3.45. The van der Waals surface area contributed by atoms with E-state index < -0.39 is 5.97 Å². The Kier molecular flexibility index (Phi) is 1.82. The number of carboxylic acids is 1. The van der Waals surface area contributed by atoms with Crippen molar-refractivity contribution in [3.8, 4) is 0 Å². The first kappa shape index (κ1) is 6.70. The molecular formula is C4H2BrNO2S. The molecule has 0 aliphatic carbocycles. The molecule has 1 rings (SSSR count). The lowest BCUT2D eigenvalue weighted by molar-refractivity contribution is 0.0690. The van der Waals surface area contributed by atoms with Gasteiger partial charge in [0.2, 0.25) is 0 Å². The van der Waals surface area contributed by atoms with Crippen molar-refractivity contribution in [3.63, 3.8) is 0 Å². The molecule has 3 nitrogen and oxygen atoms in total. The highest BCUT2D eigenvalue weighted by atomic mass is 79.9. The van der Waals surface area contributed by atoms with Gasteiger partial charge in [-0.05, 0) is 15.9 Å². The van der Waals surface area contributed by atoms with Gasteiger partial charge in [-0.25, -0.2) is 9.78 Å². The Morgan fingerprint density at radius 1 is 1.89 bits per heavy atom. The zero-order chi connectivity index (χ0) is 6.85. The summed E-state index contributed by atoms with van der Waals surface area (Å²) in [5, 5.41) is 8.37. The molecule has 0 atom stereocenters. The van der Waals surface area contributed by atoms with Crippen LogP contribution >= 0.6 is 27.3 Å². The molecule has 0 amide bonds. The van der Waals surface area contributed by atoms with Crippen LogP contribution < -0.4 is 0 Å². The summed E-state index contributed by atoms with van der Waals surface area (Å²) < 4.78 is 0.565. The number of nitrogens with zero attached hydrogens (tertiary/aromatic N) is 1. The number of carbonyl (C=O) groups is 1. The average molecular weight is 208 g/mol. The molecule has 0 fully saturated rings. The van der Waals surface area contributed by atoms with Crippen LogP contribution in [0.25, 0.3) is 0 Å². The van der Waals surface area contributed by atoms with Crippen molar-refractivity contribution in [2.45, 2.75) is 0 Å². The molecule has 1 N–H and O–H groups in total. The van der Waals surface area contributed by atoms with Gasteiger partial charge >= 0.3 is 5.97 Å². The van der Waals surface area contributed by atoms with E-state index in [0.717, 1.165) is 0 Å². The Balaban J connectivity index is 3.08. The molecule has 5 heteroatoms. The zero-order valence-corrected chi connectivity index (χ0v) is 6.57. The largest absolute Gasteiger partial charge is 0.476 e. The normalized spacial score (nSPS) is 9.44. The zero-order valence-electron chi connectivity index (χ0n) is 4.17. The standard InChI is InChI=1S/C4H2BrNO2S/c5-3-2(4(7)8)6-1-9-3/h1H,(H,7,8). The minimum Gasteiger partial charge on any atom is -0.476 e. The maximum atomic E-state index is 10.2. The monoisotopic (exact) mass is 207 g/mol. The Hall–Kier alpha value is -0.420. The minimum atomic E-state index is -0.997. The first-order valence-corrected chi connectivity index (χ1v) is 3.71. The highest BCUT2D eigenvalue weighted by Gasteiger charge is 2.09. The number of hydrogen-bond acceptors (Lipinski definition) is 3. The van der Waals surface area contributed by atoms with Crippen molar-refractivity contribution in [3.05, 3.63) is 15.0 Å². The van der Waals surface area contributed by atoms with Crippen molar-refractivity contribution < 1.29 is 9.90 Å². The van der Waals surface area contributed by atoms with Crippen LogP contribution in [0.1, 0.15) is 10.5 Å². The van der Waals surface area contributed by atoms with Crippen molar-refractivity contribution in [1.29, 1.82) is 0 Å². The first-order valence-electron chi connectivity index (χ1n) is 2.04. The Bertz CT molecular complexity index is 234. The smallest absolute Gasteiger partial charge is 0.356 e. The van der Waals surface area contributed by atoms with Crippen molar-refractivity contribution in [1.82, 2.24) is 4.98 Å². The van der Waals surface area contributed by atoms with E-state index in [0.29, 0.717) is 3.79 Å². The summed E-state index contributed by atoms with van der Waals surface area (Å²) in [7, 11) is 0. The summed E-state index contributed by atoms with van der Waals surface area (Å²) in [5.41, 5.74) is 1.56. The second-order valence-electron chi connectivity index (χ2n) is 1.28. The predicted octanol–water partition coefficient (Wildman–Crippen LogP) is 1.60. The van der Waals surface area contributed by atoms with Gasteiger partial charge in [0, 0.05) is 0 Å². The molecule has 0 aliphatic rings. The highest BCUT2D eigenvalue weighted by molar-refractivity contribution is 9.11. The number of halogens is 1. The molecule has 0 saturated carbocycles. The molecule has 48 valence electrons. The van der Waals surface area contributed by atoms with Gasteiger partial charge < -0.3 is 5.11 Å². The fourth-order valence-corrected chi connectivity index (χ4v) is 1.40. The molecule has 0 radical (unpaired) electrons. The molecule has 0 spiro atoms. The lowest BCUT2D eigenvalue weighted by Crippen LogP contribution is -1.95. The van der Waals surface area contributed by atoms with E-state index in [-0.39, 0.29) is 5.69 Å². The van der Waals surface area contributed by atoms with Crippen LogP contribution in [0, 0.1) is 0 Å². The fourth-order valence-electron chi connectivity index (χ4n) is 0.371. The van der Waals surface area contributed by atoms with E-state index in [9.17, 15) is 4.79 Å². The quantitative estimate of drug-likeness (QED) is 0.762. The Labute approximate surface area is 63.5 Å². The first-order chi connectivity index (χ1) is 4.22. The van der Waals surface area contributed by atoms with Gasteiger partial charge in [-0.15, -0.1) is 11.3 Å². The molecular weight excluding hydrogens is 206 g/mol.